The lowest BCUT2D eigenvalue weighted by molar-refractivity contribution is -0.138. The zero-order valence-corrected chi connectivity index (χ0v) is 29.9. The van der Waals surface area contributed by atoms with Crippen LogP contribution in [0.3, 0.4) is 0 Å². The molecule has 0 bridgehead atoms. The summed E-state index contributed by atoms with van der Waals surface area (Å²) in [5, 5.41) is 17.9. The molecule has 51 heavy (non-hydrogen) atoms. The number of aliphatic carboxylic acids is 1. The second-order valence-corrected chi connectivity index (χ2v) is 14.1. The molecule has 1 saturated heterocycles. The van der Waals surface area contributed by atoms with Crippen molar-refractivity contribution in [1.29, 1.82) is 0 Å². The summed E-state index contributed by atoms with van der Waals surface area (Å²) < 4.78 is 40.2. The number of ether oxygens (including phenoxy) is 1. The number of methoxy groups -OCH3 is 1. The van der Waals surface area contributed by atoms with Gasteiger partial charge in [0.25, 0.3) is 0 Å². The number of hydrogen-bond donors (Lipinski definition) is 5. The molecule has 1 fully saturated rings. The van der Waals surface area contributed by atoms with Crippen LogP contribution in [-0.2, 0) is 35.6 Å². The van der Waals surface area contributed by atoms with Crippen LogP contribution in [0.15, 0.2) is 44.5 Å². The van der Waals surface area contributed by atoms with Gasteiger partial charge in [-0.15, -0.1) is 0 Å². The van der Waals surface area contributed by atoms with Gasteiger partial charge >= 0.3 is 11.7 Å². The number of amides is 3. The molecule has 1 aliphatic heterocycles. The molecule has 3 aromatic rings. The highest BCUT2D eigenvalue weighted by atomic mass is 32.2. The molecule has 0 saturated carbocycles. The van der Waals surface area contributed by atoms with Crippen molar-refractivity contribution < 1.29 is 42.0 Å². The Morgan fingerprint density at radius 1 is 1.04 bits per heavy atom. The molecule has 3 amide bonds. The summed E-state index contributed by atoms with van der Waals surface area (Å²) in [5.74, 6) is -2.99. The maximum absolute atomic E-state index is 14.0. The van der Waals surface area contributed by atoms with E-state index in [0.29, 0.717) is 46.7 Å². The van der Waals surface area contributed by atoms with E-state index in [1.165, 1.54) is 7.11 Å². The average molecular weight is 729 g/mol. The number of carboxylic acids is 1. The van der Waals surface area contributed by atoms with Gasteiger partial charge < -0.3 is 25.4 Å². The van der Waals surface area contributed by atoms with Crippen LogP contribution in [0.1, 0.15) is 60.8 Å². The van der Waals surface area contributed by atoms with Crippen LogP contribution in [0.4, 0.5) is 0 Å². The number of piperidine rings is 1. The number of nitrogens with one attached hydrogen (secondary N) is 4. The van der Waals surface area contributed by atoms with Crippen LogP contribution in [-0.4, -0.2) is 91.1 Å². The summed E-state index contributed by atoms with van der Waals surface area (Å²) in [6.07, 6.45) is 1.90. The minimum Gasteiger partial charge on any atom is -0.496 e. The van der Waals surface area contributed by atoms with E-state index in [4.69, 9.17) is 9.84 Å². The van der Waals surface area contributed by atoms with Gasteiger partial charge in [0.15, 0.2) is 5.82 Å². The first kappa shape index (κ1) is 38.8. The first-order valence-electron chi connectivity index (χ1n) is 16.6. The second-order valence-electron chi connectivity index (χ2n) is 12.5. The van der Waals surface area contributed by atoms with Gasteiger partial charge in [0, 0.05) is 38.0 Å². The summed E-state index contributed by atoms with van der Waals surface area (Å²) in [7, 11) is -2.95. The Balaban J connectivity index is 1.63. The Hall–Kier alpha value is -5.03. The van der Waals surface area contributed by atoms with E-state index in [1.807, 2.05) is 0 Å². The predicted molar refractivity (Wildman–Crippen MR) is 184 cm³/mol. The SMILES string of the molecule is COc1cc(C)c(S(=O)(=O)N[C@@H](CC(=O)NCCCC(=O)O)C(=O)N[C@H](Cc2ccc(-c3noc(=O)[nH]3)cc2)C(=O)N2CCCCC2)c(C)c1C. The molecule has 16 nitrogen and oxygen atoms in total. The molecular weight excluding hydrogens is 684 g/mol. The average Bonchev–Trinajstić information content (AvgIpc) is 3.53. The monoisotopic (exact) mass is 728 g/mol. The van der Waals surface area contributed by atoms with Crippen molar-refractivity contribution in [3.8, 4) is 17.1 Å². The van der Waals surface area contributed by atoms with Crippen molar-refractivity contribution >= 4 is 33.7 Å². The summed E-state index contributed by atoms with van der Waals surface area (Å²) in [5.41, 5.74) is 2.53. The third-order valence-electron chi connectivity index (χ3n) is 8.75. The van der Waals surface area contributed by atoms with E-state index in [1.54, 1.807) is 56.0 Å². The quantitative estimate of drug-likeness (QED) is 0.133. The van der Waals surface area contributed by atoms with Crippen LogP contribution < -0.4 is 25.8 Å². The summed E-state index contributed by atoms with van der Waals surface area (Å²) in [6.45, 7) is 5.89. The standard InChI is InChI=1S/C34H44N6O10S/c1-20-17-27(49-4)21(2)22(3)30(20)51(47,48)39-25(19-28(41)35-14-8-9-29(42)43)32(44)36-26(33(45)40-15-6-5-7-16-40)18-23-10-12-24(13-11-23)31-37-34(46)50-38-31/h10-13,17,25-26,39H,5-9,14-16,18-19H2,1-4H3,(H,35,41)(H,36,44)(H,42,43)(H,37,38,46)/t25-,26+/m0/s1. The molecular formula is C34H44N6O10S. The lowest BCUT2D eigenvalue weighted by Gasteiger charge is -2.31. The van der Waals surface area contributed by atoms with Crippen molar-refractivity contribution in [2.24, 2.45) is 0 Å². The third kappa shape index (κ3) is 10.3. The Labute approximate surface area is 295 Å². The summed E-state index contributed by atoms with van der Waals surface area (Å²) in [6, 6.07) is 5.55. The second kappa shape index (κ2) is 17.3. The fraction of sp³-hybridized carbons (Fsp3) is 0.471. The predicted octanol–water partition coefficient (Wildman–Crippen LogP) is 1.72. The van der Waals surface area contributed by atoms with Gasteiger partial charge in [0.05, 0.1) is 18.4 Å². The molecule has 2 aromatic carbocycles. The number of hydrogen-bond acceptors (Lipinski definition) is 10. The highest BCUT2D eigenvalue weighted by Gasteiger charge is 2.34. The first-order valence-corrected chi connectivity index (χ1v) is 18.1. The number of aromatic amines is 1. The molecule has 2 atom stereocenters. The molecule has 0 spiro atoms. The number of nitrogens with zero attached hydrogens (tertiary/aromatic N) is 2. The normalized spacial score (nSPS) is 14.4. The molecule has 0 unspecified atom stereocenters. The van der Waals surface area contributed by atoms with Crippen molar-refractivity contribution in [1.82, 2.24) is 30.4 Å². The van der Waals surface area contributed by atoms with Gasteiger partial charge in [0.1, 0.15) is 17.8 Å². The van der Waals surface area contributed by atoms with Crippen LogP contribution in [0, 0.1) is 20.8 Å². The van der Waals surface area contributed by atoms with Gasteiger partial charge in [-0.2, -0.15) is 4.72 Å². The van der Waals surface area contributed by atoms with Gasteiger partial charge in [-0.25, -0.2) is 13.2 Å². The van der Waals surface area contributed by atoms with Crippen LogP contribution in [0.2, 0.25) is 0 Å². The van der Waals surface area contributed by atoms with Crippen LogP contribution in [0.5, 0.6) is 5.75 Å². The van der Waals surface area contributed by atoms with E-state index in [2.05, 4.69) is 30.0 Å². The van der Waals surface area contributed by atoms with Crippen molar-refractivity contribution in [3.63, 3.8) is 0 Å². The fourth-order valence-corrected chi connectivity index (χ4v) is 7.72. The summed E-state index contributed by atoms with van der Waals surface area (Å²) in [4.78, 5) is 67.3. The molecule has 17 heteroatoms. The number of sulfonamides is 1. The van der Waals surface area contributed by atoms with Gasteiger partial charge in [-0.05, 0) is 74.8 Å². The Kier molecular flexibility index (Phi) is 13.1. The zero-order chi connectivity index (χ0) is 37.3. The highest BCUT2D eigenvalue weighted by molar-refractivity contribution is 7.89. The molecule has 0 aliphatic carbocycles. The van der Waals surface area contributed by atoms with Crippen LogP contribution >= 0.6 is 0 Å². The molecule has 2 heterocycles. The van der Waals surface area contributed by atoms with Crippen molar-refractivity contribution in [2.75, 3.05) is 26.7 Å². The number of likely N-dealkylation sites (tertiary alicyclic amines) is 1. The zero-order valence-electron chi connectivity index (χ0n) is 29.0. The Morgan fingerprint density at radius 2 is 1.73 bits per heavy atom. The molecule has 276 valence electrons. The lowest BCUT2D eigenvalue weighted by Crippen LogP contribution is -2.56. The molecule has 1 aromatic heterocycles. The maximum Gasteiger partial charge on any atom is 0.439 e. The smallest absolute Gasteiger partial charge is 0.439 e. The lowest BCUT2D eigenvalue weighted by atomic mass is 10.0. The minimum absolute atomic E-state index is 0.00356. The largest absolute Gasteiger partial charge is 0.496 e. The Bertz CT molecular complexity index is 1900. The highest BCUT2D eigenvalue weighted by Crippen LogP contribution is 2.30. The number of carboxylic acid groups (broad SMARTS) is 1. The molecule has 4 rings (SSSR count). The number of benzene rings is 2. The van der Waals surface area contributed by atoms with Gasteiger partial charge in [-0.1, -0.05) is 29.4 Å². The number of rotatable bonds is 16. The van der Waals surface area contributed by atoms with Gasteiger partial charge in [0.2, 0.25) is 27.7 Å². The van der Waals surface area contributed by atoms with E-state index < -0.39 is 52.1 Å². The van der Waals surface area contributed by atoms with Crippen molar-refractivity contribution in [2.45, 2.75) is 82.7 Å². The van der Waals surface area contributed by atoms with Gasteiger partial charge in [-0.3, -0.25) is 28.7 Å². The number of aromatic nitrogens is 2. The van der Waals surface area contributed by atoms with Crippen molar-refractivity contribution in [3.05, 3.63) is 63.1 Å². The van der Waals surface area contributed by atoms with E-state index >= 15 is 0 Å². The number of carbonyl (C=O) groups excluding carboxylic acids is 3. The van der Waals surface area contributed by atoms with E-state index in [9.17, 15) is 32.4 Å². The number of H-pyrrole nitrogens is 1. The number of carbonyl (C=O) groups is 4. The van der Waals surface area contributed by atoms with E-state index in [-0.39, 0.29) is 42.4 Å². The molecule has 5 N–H and O–H groups in total. The third-order valence-corrected chi connectivity index (χ3v) is 10.5. The van der Waals surface area contributed by atoms with Crippen LogP contribution in [0.25, 0.3) is 11.4 Å². The summed E-state index contributed by atoms with van der Waals surface area (Å²) >= 11 is 0. The molecule has 0 radical (unpaired) electrons. The minimum atomic E-state index is -4.42. The maximum atomic E-state index is 14.0. The Morgan fingerprint density at radius 3 is 2.33 bits per heavy atom. The topological polar surface area (TPSA) is 230 Å². The molecule has 1 aliphatic rings. The number of aryl methyl sites for hydroxylation is 1. The fourth-order valence-electron chi connectivity index (χ4n) is 6.00. The van der Waals surface area contributed by atoms with E-state index in [0.717, 1.165) is 19.3 Å². The first-order chi connectivity index (χ1) is 24.2.